The highest BCUT2D eigenvalue weighted by Gasteiger charge is 2.15. The van der Waals surface area contributed by atoms with E-state index in [1.54, 1.807) is 25.3 Å². The molecule has 0 atom stereocenters. The molecule has 0 spiro atoms. The number of aromatic nitrogens is 4. The zero-order valence-electron chi connectivity index (χ0n) is 15.1. The standard InChI is InChI=1S/C18H15FN6O2S2/c1-27-12-5-2-10(3-6-12)16-23-24-18(25(16)20)28-9-15(26)22-17-21-13-7-4-11(19)8-14(13)29-17/h2-8H,9,20H2,1H3,(H,21,22,26). The number of carbonyl (C=O) groups excluding carboxylic acids is 1. The number of rotatable bonds is 6. The Kier molecular flexibility index (Phi) is 5.32. The van der Waals surface area contributed by atoms with E-state index >= 15 is 0 Å². The van der Waals surface area contributed by atoms with Crippen LogP contribution >= 0.6 is 23.1 Å². The maximum atomic E-state index is 13.3. The van der Waals surface area contributed by atoms with E-state index in [-0.39, 0.29) is 17.5 Å². The first-order chi connectivity index (χ1) is 14.0. The fourth-order valence-electron chi connectivity index (χ4n) is 2.55. The highest BCUT2D eigenvalue weighted by molar-refractivity contribution is 7.99. The Labute approximate surface area is 172 Å². The lowest BCUT2D eigenvalue weighted by Gasteiger charge is -2.05. The summed E-state index contributed by atoms with van der Waals surface area (Å²) in [5, 5.41) is 11.6. The number of benzene rings is 2. The number of fused-ring (bicyclic) bond motifs is 1. The van der Waals surface area contributed by atoms with Gasteiger partial charge in [0.25, 0.3) is 0 Å². The van der Waals surface area contributed by atoms with Crippen LogP contribution < -0.4 is 15.9 Å². The van der Waals surface area contributed by atoms with Crippen molar-refractivity contribution >= 4 is 44.4 Å². The number of methoxy groups -OCH3 is 1. The third kappa shape index (κ3) is 4.15. The number of nitrogens with zero attached hydrogens (tertiary/aromatic N) is 4. The number of ether oxygens (including phenoxy) is 1. The lowest BCUT2D eigenvalue weighted by molar-refractivity contribution is -0.113. The molecule has 0 aliphatic carbocycles. The summed E-state index contributed by atoms with van der Waals surface area (Å²) in [6.07, 6.45) is 0. The molecule has 0 bridgehead atoms. The first-order valence-corrected chi connectivity index (χ1v) is 10.2. The van der Waals surface area contributed by atoms with Crippen LogP contribution in [0.25, 0.3) is 21.6 Å². The third-order valence-corrected chi connectivity index (χ3v) is 5.82. The van der Waals surface area contributed by atoms with Crippen molar-refractivity contribution < 1.29 is 13.9 Å². The van der Waals surface area contributed by atoms with Gasteiger partial charge in [-0.25, -0.2) is 14.1 Å². The Bertz CT molecular complexity index is 1180. The topological polar surface area (TPSA) is 108 Å². The van der Waals surface area contributed by atoms with Gasteiger partial charge in [0.05, 0.1) is 23.1 Å². The molecule has 4 aromatic rings. The van der Waals surface area contributed by atoms with Crippen molar-refractivity contribution in [1.82, 2.24) is 19.9 Å². The van der Waals surface area contributed by atoms with Crippen LogP contribution in [-0.2, 0) is 4.79 Å². The molecule has 3 N–H and O–H groups in total. The second kappa shape index (κ2) is 8.05. The molecule has 0 saturated carbocycles. The molecule has 2 aromatic carbocycles. The van der Waals surface area contributed by atoms with Crippen molar-refractivity contribution in [2.75, 3.05) is 24.0 Å². The van der Waals surface area contributed by atoms with Gasteiger partial charge in [-0.1, -0.05) is 23.1 Å². The number of nitrogen functional groups attached to an aromatic ring is 1. The van der Waals surface area contributed by atoms with E-state index in [4.69, 9.17) is 10.6 Å². The largest absolute Gasteiger partial charge is 0.497 e. The molecular weight excluding hydrogens is 415 g/mol. The number of amides is 1. The smallest absolute Gasteiger partial charge is 0.236 e. The molecule has 2 heterocycles. The number of nitrogens with one attached hydrogen (secondary N) is 1. The Morgan fingerprint density at radius 2 is 2.07 bits per heavy atom. The second-order valence-electron chi connectivity index (χ2n) is 5.87. The van der Waals surface area contributed by atoms with Crippen molar-refractivity contribution in [2.45, 2.75) is 5.16 Å². The first kappa shape index (κ1) is 19.2. The van der Waals surface area contributed by atoms with Gasteiger partial charge in [0.1, 0.15) is 11.6 Å². The maximum absolute atomic E-state index is 13.3. The molecular formula is C18H15FN6O2S2. The SMILES string of the molecule is COc1ccc(-c2nnc(SCC(=O)Nc3nc4ccc(F)cc4s3)n2N)cc1. The molecule has 0 saturated heterocycles. The summed E-state index contributed by atoms with van der Waals surface area (Å²) in [7, 11) is 1.59. The quantitative estimate of drug-likeness (QED) is 0.357. The van der Waals surface area contributed by atoms with Crippen LogP contribution in [0.2, 0.25) is 0 Å². The van der Waals surface area contributed by atoms with E-state index in [0.717, 1.165) is 23.1 Å². The fourth-order valence-corrected chi connectivity index (χ4v) is 4.11. The van der Waals surface area contributed by atoms with Crippen LogP contribution in [0.5, 0.6) is 5.75 Å². The van der Waals surface area contributed by atoms with E-state index in [1.165, 1.54) is 28.1 Å². The average molecular weight is 430 g/mol. The second-order valence-corrected chi connectivity index (χ2v) is 7.85. The van der Waals surface area contributed by atoms with Crippen LogP contribution in [0, 0.1) is 5.82 Å². The predicted octanol–water partition coefficient (Wildman–Crippen LogP) is 3.15. The molecule has 4 rings (SSSR count). The summed E-state index contributed by atoms with van der Waals surface area (Å²) in [6.45, 7) is 0. The maximum Gasteiger partial charge on any atom is 0.236 e. The number of halogens is 1. The molecule has 2 aromatic heterocycles. The van der Waals surface area contributed by atoms with Crippen LogP contribution in [0.4, 0.5) is 9.52 Å². The van der Waals surface area contributed by atoms with E-state index < -0.39 is 0 Å². The van der Waals surface area contributed by atoms with Crippen molar-refractivity contribution in [3.05, 3.63) is 48.3 Å². The van der Waals surface area contributed by atoms with Gasteiger partial charge in [-0.2, -0.15) is 0 Å². The number of carbonyl (C=O) groups is 1. The minimum atomic E-state index is -0.343. The Morgan fingerprint density at radius 3 is 2.83 bits per heavy atom. The zero-order chi connectivity index (χ0) is 20.4. The van der Waals surface area contributed by atoms with Crippen LogP contribution in [0.1, 0.15) is 0 Å². The summed E-state index contributed by atoms with van der Waals surface area (Å²) >= 11 is 2.36. The molecule has 0 radical (unpaired) electrons. The third-order valence-electron chi connectivity index (χ3n) is 3.94. The van der Waals surface area contributed by atoms with E-state index in [2.05, 4.69) is 20.5 Å². The predicted molar refractivity (Wildman–Crippen MR) is 111 cm³/mol. The summed E-state index contributed by atoms with van der Waals surface area (Å²) in [4.78, 5) is 16.5. The van der Waals surface area contributed by atoms with E-state index in [1.807, 2.05) is 12.1 Å². The van der Waals surface area contributed by atoms with Gasteiger partial charge < -0.3 is 15.9 Å². The molecule has 8 nitrogen and oxygen atoms in total. The van der Waals surface area contributed by atoms with Gasteiger partial charge in [0.15, 0.2) is 11.0 Å². The van der Waals surface area contributed by atoms with Gasteiger partial charge in [-0.05, 0) is 42.5 Å². The number of thioether (sulfide) groups is 1. The van der Waals surface area contributed by atoms with Gasteiger partial charge in [-0.15, -0.1) is 10.2 Å². The molecule has 0 fully saturated rings. The molecule has 1 amide bonds. The van der Waals surface area contributed by atoms with Crippen molar-refractivity contribution in [1.29, 1.82) is 0 Å². The molecule has 0 unspecified atom stereocenters. The number of hydrogen-bond donors (Lipinski definition) is 2. The van der Waals surface area contributed by atoms with Gasteiger partial charge in [0, 0.05) is 5.56 Å². The van der Waals surface area contributed by atoms with Crippen LogP contribution in [0.3, 0.4) is 0 Å². The Morgan fingerprint density at radius 1 is 1.28 bits per heavy atom. The van der Waals surface area contributed by atoms with Crippen LogP contribution in [0.15, 0.2) is 47.6 Å². The first-order valence-electron chi connectivity index (χ1n) is 8.37. The number of anilines is 1. The van der Waals surface area contributed by atoms with Crippen molar-refractivity contribution in [3.63, 3.8) is 0 Å². The lowest BCUT2D eigenvalue weighted by Crippen LogP contribution is -2.16. The lowest BCUT2D eigenvalue weighted by atomic mass is 10.2. The average Bonchev–Trinajstić information content (AvgIpc) is 3.28. The number of thiazole rings is 1. The molecule has 148 valence electrons. The minimum Gasteiger partial charge on any atom is -0.497 e. The van der Waals surface area contributed by atoms with Crippen LogP contribution in [-0.4, -0.2) is 38.6 Å². The summed E-state index contributed by atoms with van der Waals surface area (Å²) in [5.41, 5.74) is 1.41. The van der Waals surface area contributed by atoms with Crippen molar-refractivity contribution in [2.24, 2.45) is 0 Å². The van der Waals surface area contributed by atoms with E-state index in [0.29, 0.717) is 26.3 Å². The number of hydrogen-bond acceptors (Lipinski definition) is 8. The van der Waals surface area contributed by atoms with Gasteiger partial charge in [-0.3, -0.25) is 4.79 Å². The normalized spacial score (nSPS) is 11.0. The minimum absolute atomic E-state index is 0.0717. The molecule has 0 aliphatic rings. The Hall–Kier alpha value is -3.18. The molecule has 0 aliphatic heterocycles. The highest BCUT2D eigenvalue weighted by atomic mass is 32.2. The van der Waals surface area contributed by atoms with E-state index in [9.17, 15) is 9.18 Å². The summed E-state index contributed by atoms with van der Waals surface area (Å²) in [6, 6.07) is 11.5. The summed E-state index contributed by atoms with van der Waals surface area (Å²) < 4.78 is 20.4. The highest BCUT2D eigenvalue weighted by Crippen LogP contribution is 2.27. The Balaban J connectivity index is 1.40. The zero-order valence-corrected chi connectivity index (χ0v) is 16.8. The van der Waals surface area contributed by atoms with Crippen molar-refractivity contribution in [3.8, 4) is 17.1 Å². The van der Waals surface area contributed by atoms with Gasteiger partial charge in [0.2, 0.25) is 11.1 Å². The molecule has 11 heteroatoms. The molecule has 29 heavy (non-hydrogen) atoms. The fraction of sp³-hybridized carbons (Fsp3) is 0.111. The summed E-state index contributed by atoms with van der Waals surface area (Å²) in [5.74, 6) is 6.72. The van der Waals surface area contributed by atoms with Gasteiger partial charge >= 0.3 is 0 Å². The number of nitrogens with two attached hydrogens (primary N) is 1. The monoisotopic (exact) mass is 430 g/mol.